The predicted octanol–water partition coefficient (Wildman–Crippen LogP) is 8.04. The third kappa shape index (κ3) is 5.82. The van der Waals surface area contributed by atoms with Gasteiger partial charge in [-0.1, -0.05) is 78.1 Å². The molecule has 0 spiro atoms. The van der Waals surface area contributed by atoms with E-state index in [0.29, 0.717) is 6.61 Å². The van der Waals surface area contributed by atoms with Crippen LogP contribution in [0.1, 0.15) is 6.42 Å². The second-order valence-corrected chi connectivity index (χ2v) is 10.6. The molecule has 0 saturated carbocycles. The van der Waals surface area contributed by atoms with Crippen molar-refractivity contribution in [2.24, 2.45) is 7.05 Å². The summed E-state index contributed by atoms with van der Waals surface area (Å²) in [7, 11) is 2.03. The maximum atomic E-state index is 6.03. The normalized spacial score (nSPS) is 10.9. The number of nitrogens with zero attached hydrogens (tertiary/aromatic N) is 4. The van der Waals surface area contributed by atoms with Crippen molar-refractivity contribution in [2.45, 2.75) is 13.0 Å². The Hall–Kier alpha value is -4.68. The van der Waals surface area contributed by atoms with E-state index in [9.17, 15) is 0 Å². The fraction of sp³-hybridized carbons (Fsp3) is 0.118. The lowest BCUT2D eigenvalue weighted by atomic mass is 10.1. The van der Waals surface area contributed by atoms with E-state index >= 15 is 0 Å². The summed E-state index contributed by atoms with van der Waals surface area (Å²) in [5.41, 5.74) is 5.32. The molecule has 4 aromatic carbocycles. The van der Waals surface area contributed by atoms with Crippen molar-refractivity contribution in [2.75, 3.05) is 11.5 Å². The van der Waals surface area contributed by atoms with Crippen molar-refractivity contribution in [3.63, 3.8) is 0 Å². The van der Waals surface area contributed by atoms with Crippen LogP contribution >= 0.6 is 11.3 Å². The van der Waals surface area contributed by atoms with E-state index in [4.69, 9.17) is 9.72 Å². The first-order valence-electron chi connectivity index (χ1n) is 13.5. The molecule has 0 radical (unpaired) electrons. The maximum absolute atomic E-state index is 6.03. The summed E-state index contributed by atoms with van der Waals surface area (Å²) >= 11 is 1.70. The number of para-hydroxylation sites is 2. The quantitative estimate of drug-likeness (QED) is 0.130. The summed E-state index contributed by atoms with van der Waals surface area (Å²) in [4.78, 5) is 7.49. The zero-order valence-corrected chi connectivity index (χ0v) is 23.2. The van der Waals surface area contributed by atoms with Gasteiger partial charge in [-0.3, -0.25) is 0 Å². The lowest BCUT2D eigenvalue weighted by Gasteiger charge is -2.24. The van der Waals surface area contributed by atoms with E-state index in [1.54, 1.807) is 11.3 Å². The topological polar surface area (TPSA) is 34.2 Å². The minimum Gasteiger partial charge on any atom is -0.493 e. The van der Waals surface area contributed by atoms with Crippen LogP contribution in [0.2, 0.25) is 0 Å². The van der Waals surface area contributed by atoms with E-state index < -0.39 is 0 Å². The Balaban J connectivity index is 1.29. The van der Waals surface area contributed by atoms with Gasteiger partial charge in [0.15, 0.2) is 0 Å². The molecule has 0 aliphatic rings. The monoisotopic (exact) mass is 543 g/mol. The number of anilines is 3. The SMILES string of the molecule is C[n+]1ccn(CCCOc2ccc(-c3nc(-c4ccccc4)c(N(c4ccccc4)c4ccccc4)s3)cc2)c1. The maximum Gasteiger partial charge on any atom is 0.243 e. The van der Waals surface area contributed by atoms with Gasteiger partial charge in [0.2, 0.25) is 6.33 Å². The van der Waals surface area contributed by atoms with Crippen molar-refractivity contribution < 1.29 is 9.30 Å². The van der Waals surface area contributed by atoms with Gasteiger partial charge < -0.3 is 9.64 Å². The van der Waals surface area contributed by atoms with Gasteiger partial charge in [-0.25, -0.2) is 14.1 Å². The van der Waals surface area contributed by atoms with Crippen LogP contribution in [0.25, 0.3) is 21.8 Å². The first-order chi connectivity index (χ1) is 19.7. The number of thiazole rings is 1. The lowest BCUT2D eigenvalue weighted by molar-refractivity contribution is -0.671. The van der Waals surface area contributed by atoms with Crippen LogP contribution in [0.4, 0.5) is 16.4 Å². The van der Waals surface area contributed by atoms with Crippen molar-refractivity contribution in [3.8, 4) is 27.6 Å². The van der Waals surface area contributed by atoms with Gasteiger partial charge >= 0.3 is 0 Å². The van der Waals surface area contributed by atoms with Gasteiger partial charge in [0, 0.05) is 28.9 Å². The number of hydrogen-bond donors (Lipinski definition) is 0. The van der Waals surface area contributed by atoms with Crippen LogP contribution in [-0.2, 0) is 13.6 Å². The Labute approximate surface area is 239 Å². The van der Waals surface area contributed by atoms with E-state index in [2.05, 4.69) is 107 Å². The molecule has 5 nitrogen and oxygen atoms in total. The first-order valence-corrected chi connectivity index (χ1v) is 14.3. The Kier molecular flexibility index (Phi) is 7.69. The number of ether oxygens (including phenoxy) is 1. The molecule has 6 heteroatoms. The highest BCUT2D eigenvalue weighted by molar-refractivity contribution is 7.19. The highest BCUT2D eigenvalue weighted by Crippen LogP contribution is 2.46. The van der Waals surface area contributed by atoms with E-state index in [1.165, 1.54) is 0 Å². The second kappa shape index (κ2) is 12.0. The fourth-order valence-corrected chi connectivity index (χ4v) is 5.81. The van der Waals surface area contributed by atoms with Crippen molar-refractivity contribution in [1.29, 1.82) is 0 Å². The molecule has 6 aromatic rings. The molecule has 0 N–H and O–H groups in total. The number of hydrogen-bond acceptors (Lipinski definition) is 4. The van der Waals surface area contributed by atoms with Crippen LogP contribution in [0.3, 0.4) is 0 Å². The van der Waals surface area contributed by atoms with Gasteiger partial charge in [-0.15, -0.1) is 0 Å². The zero-order valence-electron chi connectivity index (χ0n) is 22.4. The van der Waals surface area contributed by atoms with Crippen LogP contribution in [0.15, 0.2) is 134 Å². The minimum absolute atomic E-state index is 0.671. The predicted molar refractivity (Wildman–Crippen MR) is 163 cm³/mol. The van der Waals surface area contributed by atoms with Gasteiger partial charge in [-0.05, 0) is 48.5 Å². The summed E-state index contributed by atoms with van der Waals surface area (Å²) in [6, 6.07) is 39.7. The third-order valence-corrected chi connectivity index (χ3v) is 7.73. The number of aryl methyl sites for hydroxylation is 2. The Bertz CT molecular complexity index is 1610. The molecule has 6 rings (SSSR count). The Morgan fingerprint density at radius 1 is 0.775 bits per heavy atom. The Morgan fingerprint density at radius 2 is 1.40 bits per heavy atom. The third-order valence-electron chi connectivity index (χ3n) is 6.64. The molecule has 0 unspecified atom stereocenters. The molecule has 2 heterocycles. The zero-order chi connectivity index (χ0) is 27.1. The van der Waals surface area contributed by atoms with Crippen molar-refractivity contribution in [3.05, 3.63) is 134 Å². The standard InChI is InChI=1S/C34H31N4OS/c1-36-23-24-37(26-36)22-11-25-39-31-20-18-28(19-21-31)33-35-32(27-12-5-2-6-13-27)34(40-33)38(29-14-7-3-8-15-29)30-16-9-4-10-17-30/h2-10,12-21,23-24,26H,11,22,25H2,1H3/q+1. The number of aromatic nitrogens is 3. The van der Waals surface area contributed by atoms with Crippen LogP contribution in [0, 0.1) is 0 Å². The molecular formula is C34H31N4OS+. The fourth-order valence-electron chi connectivity index (χ4n) is 4.67. The minimum atomic E-state index is 0.671. The summed E-state index contributed by atoms with van der Waals surface area (Å²) in [5, 5.41) is 2.05. The molecule has 198 valence electrons. The van der Waals surface area contributed by atoms with Crippen molar-refractivity contribution in [1.82, 2.24) is 9.55 Å². The molecule has 0 bridgehead atoms. The Morgan fingerprint density at radius 3 is 2.00 bits per heavy atom. The largest absolute Gasteiger partial charge is 0.493 e. The summed E-state index contributed by atoms with van der Waals surface area (Å²) in [5.74, 6) is 0.872. The van der Waals surface area contributed by atoms with Gasteiger partial charge in [-0.2, -0.15) is 0 Å². The van der Waals surface area contributed by atoms with Gasteiger partial charge in [0.05, 0.1) is 20.2 Å². The molecule has 0 aliphatic carbocycles. The van der Waals surface area contributed by atoms with Crippen molar-refractivity contribution >= 4 is 27.7 Å². The molecule has 0 atom stereocenters. The molecule has 40 heavy (non-hydrogen) atoms. The van der Waals surface area contributed by atoms with Crippen LogP contribution < -0.4 is 14.2 Å². The lowest BCUT2D eigenvalue weighted by Crippen LogP contribution is -2.23. The average molecular weight is 544 g/mol. The first kappa shape index (κ1) is 25.6. The second-order valence-electron chi connectivity index (χ2n) is 9.59. The molecular weight excluding hydrogens is 512 g/mol. The van der Waals surface area contributed by atoms with Crippen LogP contribution in [0.5, 0.6) is 5.75 Å². The number of imidazole rings is 1. The summed E-state index contributed by atoms with van der Waals surface area (Å²) in [6.45, 7) is 1.60. The highest BCUT2D eigenvalue weighted by Gasteiger charge is 2.22. The van der Waals surface area contributed by atoms with E-state index in [0.717, 1.165) is 56.9 Å². The van der Waals surface area contributed by atoms with Gasteiger partial charge in [0.1, 0.15) is 33.8 Å². The number of rotatable bonds is 10. The molecule has 0 aliphatic heterocycles. The van der Waals surface area contributed by atoms with Gasteiger partial charge in [0.25, 0.3) is 0 Å². The summed E-state index contributed by atoms with van der Waals surface area (Å²) in [6.07, 6.45) is 7.16. The van der Waals surface area contributed by atoms with E-state index in [-0.39, 0.29) is 0 Å². The highest BCUT2D eigenvalue weighted by atomic mass is 32.1. The average Bonchev–Trinajstić information content (AvgIpc) is 3.64. The molecule has 0 amide bonds. The molecule has 2 aromatic heterocycles. The van der Waals surface area contributed by atoms with E-state index in [1.807, 2.05) is 48.1 Å². The smallest absolute Gasteiger partial charge is 0.243 e. The number of benzene rings is 4. The van der Waals surface area contributed by atoms with Crippen LogP contribution in [-0.4, -0.2) is 16.2 Å². The molecule has 0 saturated heterocycles. The summed E-state index contributed by atoms with van der Waals surface area (Å²) < 4.78 is 10.3. The molecule has 0 fully saturated rings.